The molecule has 0 saturated carbocycles. The van der Waals surface area contributed by atoms with Crippen molar-refractivity contribution in [2.24, 2.45) is 5.10 Å². The van der Waals surface area contributed by atoms with E-state index in [-0.39, 0.29) is 11.5 Å². The van der Waals surface area contributed by atoms with Crippen molar-refractivity contribution in [3.8, 4) is 0 Å². The number of carbonyl (C=O) groups is 1. The van der Waals surface area contributed by atoms with Gasteiger partial charge in [-0.3, -0.25) is 4.79 Å². The predicted octanol–water partition coefficient (Wildman–Crippen LogP) is 1.47. The normalized spacial score (nSPS) is 11.8. The van der Waals surface area contributed by atoms with E-state index >= 15 is 0 Å². The summed E-state index contributed by atoms with van der Waals surface area (Å²) >= 11 is 0. The molecule has 0 aliphatic carbocycles. The van der Waals surface area contributed by atoms with E-state index in [0.29, 0.717) is 0 Å². The number of nitrogen functional groups attached to an aromatic ring is 1. The smallest absolute Gasteiger partial charge is 0.297 e. The van der Waals surface area contributed by atoms with E-state index in [4.69, 9.17) is 5.73 Å². The summed E-state index contributed by atoms with van der Waals surface area (Å²) in [4.78, 5) is 11.6. The fourth-order valence-electron chi connectivity index (χ4n) is 1.45. The van der Waals surface area contributed by atoms with Gasteiger partial charge in [0, 0.05) is 0 Å². The van der Waals surface area contributed by atoms with Crippen LogP contribution in [0.3, 0.4) is 0 Å². The van der Waals surface area contributed by atoms with Crippen LogP contribution >= 0.6 is 0 Å². The van der Waals surface area contributed by atoms with Crippen LogP contribution in [0, 0.1) is 0 Å². The quantitative estimate of drug-likeness (QED) is 0.647. The lowest BCUT2D eigenvalue weighted by molar-refractivity contribution is 0.0946. The summed E-state index contributed by atoms with van der Waals surface area (Å²) in [5.74, 6) is -0.651. The first kappa shape index (κ1) is 13.5. The number of anilines is 1. The molecule has 2 aromatic rings. The Hall–Kier alpha value is -2.96. The van der Waals surface area contributed by atoms with Crippen LogP contribution in [0.4, 0.5) is 5.82 Å². The summed E-state index contributed by atoms with van der Waals surface area (Å²) in [6, 6.07) is 9.77. The lowest BCUT2D eigenvalue weighted by Crippen LogP contribution is -2.19. The maximum absolute atomic E-state index is 11.6. The molecule has 0 fully saturated rings. The van der Waals surface area contributed by atoms with Gasteiger partial charge in [-0.15, -0.1) is 0 Å². The predicted molar refractivity (Wildman–Crippen MR) is 74.8 cm³/mol. The number of benzene rings is 1. The highest BCUT2D eigenvalue weighted by molar-refractivity contribution is 5.96. The van der Waals surface area contributed by atoms with Crippen molar-refractivity contribution in [1.29, 1.82) is 0 Å². The van der Waals surface area contributed by atoms with Gasteiger partial charge in [-0.2, -0.15) is 5.10 Å². The third-order valence-electron chi connectivity index (χ3n) is 2.36. The summed E-state index contributed by atoms with van der Waals surface area (Å²) < 4.78 is 4.32. The minimum Gasteiger partial charge on any atom is -0.379 e. The molecule has 0 aliphatic rings. The van der Waals surface area contributed by atoms with E-state index < -0.39 is 5.91 Å². The first-order valence-corrected chi connectivity index (χ1v) is 5.81. The molecule has 0 aliphatic heterocycles. The first-order valence-electron chi connectivity index (χ1n) is 5.81. The number of carbonyl (C=O) groups excluding carboxylic acids is 1. The number of nitrogens with one attached hydrogen (secondary N) is 1. The Kier molecular flexibility index (Phi) is 4.23. The monoisotopic (exact) mass is 271 g/mol. The molecule has 3 N–H and O–H groups in total. The van der Waals surface area contributed by atoms with Gasteiger partial charge in [-0.05, 0) is 28.4 Å². The molecular weight excluding hydrogens is 258 g/mol. The van der Waals surface area contributed by atoms with Crippen LogP contribution in [-0.2, 0) is 0 Å². The first-order chi connectivity index (χ1) is 9.66. The minimum absolute atomic E-state index is 0.0748. The van der Waals surface area contributed by atoms with Crippen molar-refractivity contribution in [3.05, 3.63) is 47.2 Å². The van der Waals surface area contributed by atoms with Gasteiger partial charge in [-0.25, -0.2) is 10.1 Å². The molecule has 0 atom stereocenters. The summed E-state index contributed by atoms with van der Waals surface area (Å²) in [5.41, 5.74) is 9.51. The molecule has 0 bridgehead atoms. The molecule has 102 valence electrons. The molecule has 1 aromatic heterocycles. The summed E-state index contributed by atoms with van der Waals surface area (Å²) in [6.45, 7) is 1.87. The zero-order valence-corrected chi connectivity index (χ0v) is 10.8. The maximum Gasteiger partial charge on any atom is 0.297 e. The highest BCUT2D eigenvalue weighted by Crippen LogP contribution is 2.05. The van der Waals surface area contributed by atoms with Gasteiger partial charge in [0.1, 0.15) is 0 Å². The number of amides is 1. The van der Waals surface area contributed by atoms with Crippen LogP contribution in [0.25, 0.3) is 6.08 Å². The maximum atomic E-state index is 11.6. The molecule has 1 amide bonds. The number of allylic oxidation sites excluding steroid dienone is 1. The Balaban J connectivity index is 1.95. The van der Waals surface area contributed by atoms with E-state index in [9.17, 15) is 4.79 Å². The lowest BCUT2D eigenvalue weighted by Gasteiger charge is -1.96. The van der Waals surface area contributed by atoms with Crippen LogP contribution in [0.2, 0.25) is 0 Å². The van der Waals surface area contributed by atoms with Gasteiger partial charge in [0.2, 0.25) is 11.5 Å². The molecule has 2 rings (SSSR count). The van der Waals surface area contributed by atoms with Crippen LogP contribution in [0.5, 0.6) is 0 Å². The second-order valence-electron chi connectivity index (χ2n) is 4.00. The number of hydrazone groups is 1. The molecule has 1 aromatic carbocycles. The molecule has 20 heavy (non-hydrogen) atoms. The van der Waals surface area contributed by atoms with E-state index in [1.54, 1.807) is 0 Å². The van der Waals surface area contributed by atoms with Gasteiger partial charge in [0.05, 0.1) is 6.21 Å². The number of nitrogens with zero attached hydrogens (tertiary/aromatic N) is 3. The van der Waals surface area contributed by atoms with Crippen molar-refractivity contribution < 1.29 is 9.42 Å². The Morgan fingerprint density at radius 1 is 1.35 bits per heavy atom. The average Bonchev–Trinajstić information content (AvgIpc) is 2.86. The van der Waals surface area contributed by atoms with Gasteiger partial charge in [-0.1, -0.05) is 36.4 Å². The van der Waals surface area contributed by atoms with Crippen molar-refractivity contribution in [1.82, 2.24) is 15.7 Å². The van der Waals surface area contributed by atoms with Crippen molar-refractivity contribution in [2.75, 3.05) is 5.73 Å². The number of nitrogens with two attached hydrogens (primary N) is 1. The van der Waals surface area contributed by atoms with Gasteiger partial charge >= 0.3 is 0 Å². The molecule has 7 heteroatoms. The second-order valence-corrected chi connectivity index (χ2v) is 4.00. The van der Waals surface area contributed by atoms with Crippen molar-refractivity contribution in [2.45, 2.75) is 6.92 Å². The number of hydrogen-bond acceptors (Lipinski definition) is 6. The van der Waals surface area contributed by atoms with Crippen LogP contribution in [0.1, 0.15) is 23.0 Å². The van der Waals surface area contributed by atoms with Gasteiger partial charge < -0.3 is 5.73 Å². The highest BCUT2D eigenvalue weighted by Gasteiger charge is 2.14. The molecule has 0 spiro atoms. The number of hydrogen-bond donors (Lipinski definition) is 2. The molecule has 7 nitrogen and oxygen atoms in total. The fraction of sp³-hybridized carbons (Fsp3) is 0.0769. The van der Waals surface area contributed by atoms with E-state index in [2.05, 4.69) is 25.5 Å². The van der Waals surface area contributed by atoms with Crippen LogP contribution in [-0.4, -0.2) is 22.4 Å². The standard InChI is InChI=1S/C13H13N5O2/c1-9(7-10-5-3-2-4-6-10)8-15-16-13(19)11-12(14)18-20-17-11/h2-8H,1H3,(H2,14,18)(H,16,19). The third-order valence-corrected chi connectivity index (χ3v) is 2.36. The Morgan fingerprint density at radius 3 is 2.75 bits per heavy atom. The zero-order valence-electron chi connectivity index (χ0n) is 10.8. The largest absolute Gasteiger partial charge is 0.379 e. The van der Waals surface area contributed by atoms with E-state index in [0.717, 1.165) is 11.1 Å². The van der Waals surface area contributed by atoms with Crippen molar-refractivity contribution >= 4 is 24.0 Å². The molecule has 0 saturated heterocycles. The van der Waals surface area contributed by atoms with E-state index in [1.807, 2.05) is 43.3 Å². The number of rotatable bonds is 4. The van der Waals surface area contributed by atoms with Crippen LogP contribution in [0.15, 0.2) is 45.6 Å². The van der Waals surface area contributed by atoms with Gasteiger partial charge in [0.15, 0.2) is 0 Å². The topological polar surface area (TPSA) is 106 Å². The molecule has 0 unspecified atom stereocenters. The summed E-state index contributed by atoms with van der Waals surface area (Å²) in [7, 11) is 0. The third kappa shape index (κ3) is 3.52. The Labute approximate surface area is 115 Å². The Bertz CT molecular complexity index is 646. The van der Waals surface area contributed by atoms with Gasteiger partial charge in [0.25, 0.3) is 5.91 Å². The van der Waals surface area contributed by atoms with Crippen LogP contribution < -0.4 is 11.2 Å². The molecule has 1 heterocycles. The second kappa shape index (κ2) is 6.28. The fourth-order valence-corrected chi connectivity index (χ4v) is 1.45. The lowest BCUT2D eigenvalue weighted by atomic mass is 10.1. The molecule has 0 radical (unpaired) electrons. The Morgan fingerprint density at radius 2 is 2.10 bits per heavy atom. The molecular formula is C13H13N5O2. The average molecular weight is 271 g/mol. The zero-order chi connectivity index (χ0) is 14.4. The van der Waals surface area contributed by atoms with Crippen molar-refractivity contribution in [3.63, 3.8) is 0 Å². The summed E-state index contributed by atoms with van der Waals surface area (Å²) in [6.07, 6.45) is 3.45. The minimum atomic E-state index is -0.576. The SMILES string of the molecule is CC(C=NNC(=O)c1nonc1N)=Cc1ccccc1. The summed E-state index contributed by atoms with van der Waals surface area (Å²) in [5, 5.41) is 10.5. The number of aromatic nitrogens is 2. The highest BCUT2D eigenvalue weighted by atomic mass is 16.6. The van der Waals surface area contributed by atoms with E-state index in [1.165, 1.54) is 6.21 Å².